The number of fused-ring (bicyclic) bond motifs is 6. The zero-order valence-electron chi connectivity index (χ0n) is 17.9. The number of carbonyl (C=O) groups is 1. The van der Waals surface area contributed by atoms with Gasteiger partial charge in [0, 0.05) is 13.0 Å². The third-order valence-corrected chi connectivity index (χ3v) is 9.68. The average molecular weight is 532 g/mol. The van der Waals surface area contributed by atoms with Crippen LogP contribution < -0.4 is 5.32 Å². The molecule has 0 bridgehead atoms. The van der Waals surface area contributed by atoms with E-state index in [2.05, 4.69) is 5.32 Å². The van der Waals surface area contributed by atoms with E-state index in [9.17, 15) is 19.6 Å². The lowest BCUT2D eigenvalue weighted by Crippen LogP contribution is -2.61. The Labute approximate surface area is 204 Å². The maximum Gasteiger partial charge on any atom is 0.476 e. The molecule has 15 heteroatoms. The summed E-state index contributed by atoms with van der Waals surface area (Å²) in [6, 6.07) is -0.732. The molecule has 4 aliphatic heterocycles. The molecule has 4 saturated heterocycles. The molecule has 0 spiro atoms. The van der Waals surface area contributed by atoms with Crippen molar-refractivity contribution in [1.29, 1.82) is 0 Å². The number of nitrogens with zero attached hydrogens (tertiary/aromatic N) is 2. The van der Waals surface area contributed by atoms with Gasteiger partial charge in [-0.05, 0) is 11.6 Å². The van der Waals surface area contributed by atoms with E-state index in [1.807, 2.05) is 16.8 Å². The van der Waals surface area contributed by atoms with Gasteiger partial charge in [0.2, 0.25) is 18.5 Å². The third-order valence-electron chi connectivity index (χ3n) is 6.53. The molecule has 6 aliphatic rings. The van der Waals surface area contributed by atoms with Gasteiger partial charge in [-0.3, -0.25) is 23.3 Å². The van der Waals surface area contributed by atoms with Gasteiger partial charge < -0.3 is 29.9 Å². The highest BCUT2D eigenvalue weighted by atomic mass is 32.2. The van der Waals surface area contributed by atoms with Gasteiger partial charge in [0.1, 0.15) is 35.3 Å². The number of rotatable bonds is 3. The summed E-state index contributed by atoms with van der Waals surface area (Å²) in [7, 11) is -2.18. The second kappa shape index (κ2) is 8.20. The normalized spacial score (nSPS) is 41.4. The molecule has 2 aliphatic carbocycles. The van der Waals surface area contributed by atoms with Crippen molar-refractivity contribution >= 4 is 42.0 Å². The average Bonchev–Trinajstić information content (AvgIpc) is 3.41. The second-order valence-corrected chi connectivity index (χ2v) is 11.8. The number of ether oxygens (including phenoxy) is 2. The van der Waals surface area contributed by atoms with Gasteiger partial charge in [0.25, 0.3) is 0 Å². The minimum Gasteiger partial charge on any atom is -0.507 e. The van der Waals surface area contributed by atoms with E-state index >= 15 is 0 Å². The molecule has 0 aromatic rings. The van der Waals surface area contributed by atoms with E-state index < -0.39 is 49.9 Å². The lowest BCUT2D eigenvalue weighted by Gasteiger charge is -2.44. The summed E-state index contributed by atoms with van der Waals surface area (Å²) >= 11 is 6.68. The van der Waals surface area contributed by atoms with Crippen LogP contribution in [0, 0.1) is 11.8 Å². The van der Waals surface area contributed by atoms with E-state index in [4.69, 9.17) is 35.3 Å². The van der Waals surface area contributed by atoms with Crippen LogP contribution >= 0.6 is 31.8 Å². The second-order valence-electron chi connectivity index (χ2n) is 8.69. The number of nitrogens with one attached hydrogen (secondary N) is 1. The Balaban J connectivity index is 1.21. The van der Waals surface area contributed by atoms with Gasteiger partial charge in [-0.2, -0.15) is 0 Å². The molecule has 7 atom stereocenters. The van der Waals surface area contributed by atoms with Crippen molar-refractivity contribution in [3.05, 3.63) is 35.0 Å². The summed E-state index contributed by atoms with van der Waals surface area (Å²) in [6.45, 7) is 0.407. The van der Waals surface area contributed by atoms with Crippen LogP contribution in [0.1, 0.15) is 0 Å². The van der Waals surface area contributed by atoms with E-state index in [-0.39, 0.29) is 25.0 Å². The maximum absolute atomic E-state index is 13.3. The number of aliphatic hydroxyl groups excluding tert-OH is 2. The maximum atomic E-state index is 13.3. The van der Waals surface area contributed by atoms with Crippen LogP contribution in [0.25, 0.3) is 0 Å². The largest absolute Gasteiger partial charge is 0.507 e. The lowest BCUT2D eigenvalue weighted by molar-refractivity contribution is -0.129. The van der Waals surface area contributed by atoms with Gasteiger partial charge in [-0.1, -0.05) is 30.1 Å². The van der Waals surface area contributed by atoms with E-state index in [0.717, 1.165) is 4.32 Å². The first-order valence-corrected chi connectivity index (χ1v) is 13.4. The molecule has 3 N–H and O–H groups in total. The minimum absolute atomic E-state index is 0.0281. The predicted octanol–water partition coefficient (Wildman–Crippen LogP) is 0.736. The molecule has 4 heterocycles. The number of carbonyl (C=O) groups excluding carboxylic acids is 1. The number of phosphoric ester groups is 1. The summed E-state index contributed by atoms with van der Waals surface area (Å²) in [5, 5.41) is 24.2. The Hall–Kier alpha value is -1.64. The summed E-state index contributed by atoms with van der Waals surface area (Å²) in [5.41, 5.74) is 0.603. The number of aliphatic hydroxyl groups is 2. The first-order chi connectivity index (χ1) is 16.2. The van der Waals surface area contributed by atoms with Crippen molar-refractivity contribution in [3.63, 3.8) is 0 Å². The monoisotopic (exact) mass is 531 g/mol. The van der Waals surface area contributed by atoms with E-state index in [1.54, 1.807) is 12.2 Å². The standard InChI is InChI=1S/C19H22N3O9PS2/c1-21-4-22(6-34-19(21)33)5-29-32(26)30-15-10(23)2-9-8-3-11-16(28-7-27-11)14(24)12(8)18(25)20-13(9)17(15)31-32/h2-3,8,10,12-13,15,17,23-24H,4-7H2,1H3,(H,20,25)/t8?,10-,12?,13+,15+,17-,32?/m0/s1. The molecular formula is C19H22N3O9PS2. The molecular weight excluding hydrogens is 509 g/mol. The Morgan fingerprint density at radius 2 is 2.12 bits per heavy atom. The summed E-state index contributed by atoms with van der Waals surface area (Å²) in [6.07, 6.45) is 0.141. The van der Waals surface area contributed by atoms with Crippen molar-refractivity contribution in [1.82, 2.24) is 15.1 Å². The van der Waals surface area contributed by atoms with Crippen LogP contribution in [0.15, 0.2) is 35.0 Å². The molecule has 0 saturated carbocycles. The van der Waals surface area contributed by atoms with Gasteiger partial charge in [0.05, 0.1) is 18.6 Å². The highest BCUT2D eigenvalue weighted by molar-refractivity contribution is 8.22. The van der Waals surface area contributed by atoms with E-state index in [1.165, 1.54) is 11.8 Å². The number of hydrogen-bond donors (Lipinski definition) is 3. The fourth-order valence-corrected chi connectivity index (χ4v) is 7.47. The van der Waals surface area contributed by atoms with Gasteiger partial charge in [-0.15, -0.1) is 0 Å². The van der Waals surface area contributed by atoms with Crippen LogP contribution in [0.4, 0.5) is 0 Å². The van der Waals surface area contributed by atoms with Crippen molar-refractivity contribution in [2.45, 2.75) is 24.4 Å². The van der Waals surface area contributed by atoms with Crippen LogP contribution in [-0.2, 0) is 32.4 Å². The Kier molecular flexibility index (Phi) is 5.50. The molecule has 6 rings (SSSR count). The van der Waals surface area contributed by atoms with Gasteiger partial charge in [-0.25, -0.2) is 4.57 Å². The van der Waals surface area contributed by atoms with Gasteiger partial charge in [0.15, 0.2) is 11.5 Å². The van der Waals surface area contributed by atoms with Crippen molar-refractivity contribution in [2.75, 3.05) is 33.1 Å². The van der Waals surface area contributed by atoms with Crippen LogP contribution in [-0.4, -0.2) is 87.7 Å². The number of thiocarbonyl (C=S) groups is 1. The molecule has 3 unspecified atom stereocenters. The Morgan fingerprint density at radius 1 is 1.32 bits per heavy atom. The third kappa shape index (κ3) is 3.59. The number of allylic oxidation sites excluding steroid dienone is 1. The molecule has 184 valence electrons. The molecule has 1 amide bonds. The van der Waals surface area contributed by atoms with Crippen LogP contribution in [0.3, 0.4) is 0 Å². The van der Waals surface area contributed by atoms with Crippen molar-refractivity contribution in [2.24, 2.45) is 11.8 Å². The predicted molar refractivity (Wildman–Crippen MR) is 121 cm³/mol. The lowest BCUT2D eigenvalue weighted by atomic mass is 9.70. The highest BCUT2D eigenvalue weighted by Crippen LogP contribution is 2.61. The smallest absolute Gasteiger partial charge is 0.476 e. The number of phosphoric acid groups is 1. The fraction of sp³-hybridized carbons (Fsp3) is 0.579. The van der Waals surface area contributed by atoms with Crippen molar-refractivity contribution < 1.29 is 42.6 Å². The van der Waals surface area contributed by atoms with E-state index in [0.29, 0.717) is 23.9 Å². The summed E-state index contributed by atoms with van der Waals surface area (Å²) in [5.74, 6) is -1.16. The number of hydrogen-bond acceptors (Lipinski definition) is 12. The Bertz CT molecular complexity index is 1100. The van der Waals surface area contributed by atoms with Gasteiger partial charge >= 0.3 is 7.82 Å². The Morgan fingerprint density at radius 3 is 2.91 bits per heavy atom. The summed E-state index contributed by atoms with van der Waals surface area (Å²) in [4.78, 5) is 16.7. The molecule has 12 nitrogen and oxygen atoms in total. The minimum atomic E-state index is -4.03. The zero-order chi connectivity index (χ0) is 23.8. The number of piperidine rings is 1. The molecule has 34 heavy (non-hydrogen) atoms. The number of amides is 1. The summed E-state index contributed by atoms with van der Waals surface area (Å²) < 4.78 is 41.6. The van der Waals surface area contributed by atoms with Crippen LogP contribution in [0.2, 0.25) is 0 Å². The first-order valence-electron chi connectivity index (χ1n) is 10.6. The first kappa shape index (κ1) is 22.8. The fourth-order valence-electron chi connectivity index (χ4n) is 4.97. The SMILES string of the molecule is CN1CN(COP2(=O)O[C@@H]3[C@H](O2)[C@@H](O)C=C2C4C=C5OCOC5=C(O)C4C(=O)N[C@H]23)CSC1=S. The number of thioether (sulfide) groups is 1. The topological polar surface area (TPSA) is 139 Å². The molecule has 4 fully saturated rings. The van der Waals surface area contributed by atoms with Crippen molar-refractivity contribution in [3.8, 4) is 0 Å². The molecule has 0 aromatic heterocycles. The molecule has 0 radical (unpaired) electrons. The molecule has 0 aromatic carbocycles. The van der Waals surface area contributed by atoms with Crippen LogP contribution in [0.5, 0.6) is 0 Å². The quantitative estimate of drug-likeness (QED) is 0.268. The zero-order valence-corrected chi connectivity index (χ0v) is 20.4. The highest BCUT2D eigenvalue weighted by Gasteiger charge is 2.59.